The van der Waals surface area contributed by atoms with Crippen molar-refractivity contribution in [3.8, 4) is 0 Å². The van der Waals surface area contributed by atoms with Gasteiger partial charge >= 0.3 is 6.18 Å². The average Bonchev–Trinajstić information content (AvgIpc) is 3.13. The number of halogens is 3. The van der Waals surface area contributed by atoms with E-state index in [1.165, 1.54) is 24.6 Å². The van der Waals surface area contributed by atoms with Crippen molar-refractivity contribution < 1.29 is 27.2 Å². The van der Waals surface area contributed by atoms with Crippen molar-refractivity contribution in [3.63, 3.8) is 0 Å². The minimum atomic E-state index is -4.51. The lowest BCUT2D eigenvalue weighted by molar-refractivity contribution is -0.137. The standard InChI is InChI=1S/C16H17F3N4O3/c17-16(18,19)11-3-1-6-21-14(11)22-9-8-20-13(24)5-7-23-15(25)12-4-2-10-26-12/h1-4,6,10H,5,7-9H2,(H,20,24)(H,21,22)(H,23,25). The Morgan fingerprint density at radius 2 is 1.88 bits per heavy atom. The van der Waals surface area contributed by atoms with Gasteiger partial charge in [0.25, 0.3) is 5.91 Å². The number of pyridine rings is 1. The third-order valence-corrected chi connectivity index (χ3v) is 3.24. The second kappa shape index (κ2) is 8.88. The van der Waals surface area contributed by atoms with Gasteiger partial charge in [-0.2, -0.15) is 13.2 Å². The second-order valence-electron chi connectivity index (χ2n) is 5.16. The van der Waals surface area contributed by atoms with Gasteiger partial charge in [-0.15, -0.1) is 0 Å². The molecule has 2 aromatic heterocycles. The molecule has 0 aliphatic rings. The van der Waals surface area contributed by atoms with Gasteiger partial charge in [-0.05, 0) is 24.3 Å². The lowest BCUT2D eigenvalue weighted by Gasteiger charge is -2.13. The Kier molecular flexibility index (Phi) is 6.59. The monoisotopic (exact) mass is 370 g/mol. The quantitative estimate of drug-likeness (QED) is 0.618. The Morgan fingerprint density at radius 3 is 2.58 bits per heavy atom. The van der Waals surface area contributed by atoms with E-state index in [2.05, 4.69) is 20.9 Å². The molecule has 0 bridgehead atoms. The first-order valence-electron chi connectivity index (χ1n) is 7.72. The smallest absolute Gasteiger partial charge is 0.419 e. The van der Waals surface area contributed by atoms with E-state index in [1.54, 1.807) is 6.07 Å². The lowest BCUT2D eigenvalue weighted by Crippen LogP contribution is -2.33. The van der Waals surface area contributed by atoms with Gasteiger partial charge in [0.1, 0.15) is 5.82 Å². The Morgan fingerprint density at radius 1 is 1.08 bits per heavy atom. The van der Waals surface area contributed by atoms with Crippen LogP contribution in [0.2, 0.25) is 0 Å². The van der Waals surface area contributed by atoms with Crippen LogP contribution >= 0.6 is 0 Å². The van der Waals surface area contributed by atoms with Crippen LogP contribution in [0.1, 0.15) is 22.5 Å². The number of carbonyl (C=O) groups excluding carboxylic acids is 2. The van der Waals surface area contributed by atoms with Gasteiger partial charge in [0.05, 0.1) is 11.8 Å². The molecule has 140 valence electrons. The molecule has 26 heavy (non-hydrogen) atoms. The number of aromatic nitrogens is 1. The highest BCUT2D eigenvalue weighted by Crippen LogP contribution is 2.33. The minimum absolute atomic E-state index is 0.0316. The van der Waals surface area contributed by atoms with Crippen molar-refractivity contribution in [1.29, 1.82) is 0 Å². The van der Waals surface area contributed by atoms with E-state index in [-0.39, 0.29) is 43.5 Å². The molecule has 3 N–H and O–H groups in total. The Balaban J connectivity index is 1.66. The maximum atomic E-state index is 12.8. The summed E-state index contributed by atoms with van der Waals surface area (Å²) in [6.45, 7) is 0.292. The fourth-order valence-corrected chi connectivity index (χ4v) is 2.03. The molecule has 0 aromatic carbocycles. The topological polar surface area (TPSA) is 96.3 Å². The lowest BCUT2D eigenvalue weighted by atomic mass is 10.2. The summed E-state index contributed by atoms with van der Waals surface area (Å²) in [6, 6.07) is 5.19. The molecule has 2 rings (SSSR count). The Hall–Kier alpha value is -3.04. The van der Waals surface area contributed by atoms with Gasteiger partial charge < -0.3 is 20.4 Å². The number of rotatable bonds is 8. The molecule has 0 fully saturated rings. The largest absolute Gasteiger partial charge is 0.459 e. The summed E-state index contributed by atoms with van der Waals surface area (Å²) in [5, 5.41) is 7.59. The van der Waals surface area contributed by atoms with Crippen LogP contribution < -0.4 is 16.0 Å². The molecule has 0 aliphatic heterocycles. The van der Waals surface area contributed by atoms with Crippen LogP contribution in [0.3, 0.4) is 0 Å². The molecule has 7 nitrogen and oxygen atoms in total. The molecule has 2 aromatic rings. The number of carbonyl (C=O) groups is 2. The van der Waals surface area contributed by atoms with Crippen molar-refractivity contribution in [2.75, 3.05) is 25.0 Å². The van der Waals surface area contributed by atoms with Crippen molar-refractivity contribution >= 4 is 17.6 Å². The maximum absolute atomic E-state index is 12.8. The zero-order valence-electron chi connectivity index (χ0n) is 13.6. The second-order valence-corrected chi connectivity index (χ2v) is 5.16. The van der Waals surface area contributed by atoms with E-state index in [9.17, 15) is 22.8 Å². The summed E-state index contributed by atoms with van der Waals surface area (Å²) in [6.07, 6.45) is -1.87. The van der Waals surface area contributed by atoms with E-state index in [4.69, 9.17) is 4.42 Å². The van der Waals surface area contributed by atoms with Gasteiger partial charge in [0.15, 0.2) is 5.76 Å². The number of amides is 2. The molecule has 2 amide bonds. The molecule has 0 atom stereocenters. The number of hydrogen-bond acceptors (Lipinski definition) is 5. The molecule has 0 saturated heterocycles. The maximum Gasteiger partial charge on any atom is 0.419 e. The number of hydrogen-bond donors (Lipinski definition) is 3. The minimum Gasteiger partial charge on any atom is -0.459 e. The summed E-state index contributed by atoms with van der Waals surface area (Å²) in [7, 11) is 0. The number of furan rings is 1. The number of nitrogens with one attached hydrogen (secondary N) is 3. The third kappa shape index (κ3) is 5.80. The predicted octanol–water partition coefficient (Wildman–Crippen LogP) is 2.04. The van der Waals surface area contributed by atoms with Crippen LogP contribution in [-0.4, -0.2) is 36.4 Å². The van der Waals surface area contributed by atoms with Crippen molar-refractivity contribution in [2.24, 2.45) is 0 Å². The first kappa shape index (κ1) is 19.3. The number of alkyl halides is 3. The van der Waals surface area contributed by atoms with Crippen molar-refractivity contribution in [2.45, 2.75) is 12.6 Å². The van der Waals surface area contributed by atoms with E-state index in [0.29, 0.717) is 0 Å². The van der Waals surface area contributed by atoms with Gasteiger partial charge in [0, 0.05) is 32.3 Å². The molecule has 10 heteroatoms. The summed E-state index contributed by atoms with van der Waals surface area (Å²) in [5.74, 6) is -0.923. The zero-order valence-corrected chi connectivity index (χ0v) is 13.6. The molecule has 2 heterocycles. The van der Waals surface area contributed by atoms with Crippen LogP contribution in [-0.2, 0) is 11.0 Å². The highest BCUT2D eigenvalue weighted by Gasteiger charge is 2.33. The average molecular weight is 370 g/mol. The van der Waals surface area contributed by atoms with E-state index >= 15 is 0 Å². The van der Waals surface area contributed by atoms with E-state index < -0.39 is 17.6 Å². The summed E-state index contributed by atoms with van der Waals surface area (Å²) < 4.78 is 43.3. The molecule has 0 spiro atoms. The van der Waals surface area contributed by atoms with E-state index in [0.717, 1.165) is 6.07 Å². The van der Waals surface area contributed by atoms with Crippen LogP contribution in [0.25, 0.3) is 0 Å². The van der Waals surface area contributed by atoms with E-state index in [1.807, 2.05) is 0 Å². The van der Waals surface area contributed by atoms with Crippen LogP contribution in [0.5, 0.6) is 0 Å². The Bertz CT molecular complexity index is 733. The van der Waals surface area contributed by atoms with Gasteiger partial charge in [-0.1, -0.05) is 0 Å². The first-order chi connectivity index (χ1) is 12.4. The van der Waals surface area contributed by atoms with Crippen LogP contribution in [0.15, 0.2) is 41.1 Å². The molecule has 0 radical (unpaired) electrons. The zero-order chi connectivity index (χ0) is 19.0. The van der Waals surface area contributed by atoms with Crippen molar-refractivity contribution in [3.05, 3.63) is 48.0 Å². The SMILES string of the molecule is O=C(CCNC(=O)c1ccco1)NCCNc1ncccc1C(F)(F)F. The fourth-order valence-electron chi connectivity index (χ4n) is 2.03. The summed E-state index contributed by atoms with van der Waals surface area (Å²) in [4.78, 5) is 26.9. The van der Waals surface area contributed by atoms with Gasteiger partial charge in [-0.3, -0.25) is 9.59 Å². The fraction of sp³-hybridized carbons (Fsp3) is 0.312. The third-order valence-electron chi connectivity index (χ3n) is 3.24. The van der Waals surface area contributed by atoms with Crippen LogP contribution in [0.4, 0.5) is 19.0 Å². The van der Waals surface area contributed by atoms with Crippen molar-refractivity contribution in [1.82, 2.24) is 15.6 Å². The highest BCUT2D eigenvalue weighted by molar-refractivity contribution is 5.91. The molecular formula is C16H17F3N4O3. The van der Waals surface area contributed by atoms with Gasteiger partial charge in [-0.25, -0.2) is 4.98 Å². The predicted molar refractivity (Wildman–Crippen MR) is 86.4 cm³/mol. The first-order valence-corrected chi connectivity index (χ1v) is 7.72. The highest BCUT2D eigenvalue weighted by atomic mass is 19.4. The number of anilines is 1. The molecular weight excluding hydrogens is 353 g/mol. The molecule has 0 unspecified atom stereocenters. The number of nitrogens with zero attached hydrogens (tertiary/aromatic N) is 1. The Labute approximate surface area is 147 Å². The summed E-state index contributed by atoms with van der Waals surface area (Å²) >= 11 is 0. The molecule has 0 saturated carbocycles. The molecule has 0 aliphatic carbocycles. The van der Waals surface area contributed by atoms with Gasteiger partial charge in [0.2, 0.25) is 5.91 Å². The normalized spacial score (nSPS) is 11.0. The van der Waals surface area contributed by atoms with Crippen LogP contribution in [0, 0.1) is 0 Å². The summed E-state index contributed by atoms with van der Waals surface area (Å²) in [5.41, 5.74) is -0.869.